The maximum atomic E-state index is 13.8. The molecule has 0 heterocycles. The van der Waals surface area contributed by atoms with Crippen molar-refractivity contribution in [1.29, 1.82) is 0 Å². The van der Waals surface area contributed by atoms with Gasteiger partial charge >= 0.3 is 0 Å². The molecule has 2 amide bonds. The SMILES string of the molecule is CNC(=O)[C@H](C)N(Cc1c(Cl)cccc1Cl)C(=O)CN(c1ccccc1Cl)S(=O)(=O)c1ccc(C)cc1. The zero-order chi connectivity index (χ0) is 27.3. The number of nitrogens with one attached hydrogen (secondary N) is 1. The molecule has 0 radical (unpaired) electrons. The first-order valence-electron chi connectivity index (χ1n) is 11.2. The summed E-state index contributed by atoms with van der Waals surface area (Å²) in [6, 6.07) is 16.5. The van der Waals surface area contributed by atoms with Gasteiger partial charge in [0.05, 0.1) is 15.6 Å². The fraction of sp³-hybridized carbons (Fsp3) is 0.231. The van der Waals surface area contributed by atoms with Crippen LogP contribution in [-0.4, -0.2) is 44.8 Å². The van der Waals surface area contributed by atoms with Crippen LogP contribution in [0.25, 0.3) is 0 Å². The standard InChI is InChI=1S/C26H26Cl3N3O4S/c1-17-11-13-19(14-12-17)37(35,36)32(24-10-5-4-7-23(24)29)16-25(33)31(18(2)26(34)30-3)15-20-21(27)8-6-9-22(20)28/h4-14,18H,15-16H2,1-3H3,(H,30,34)/t18-/m0/s1. The lowest BCUT2D eigenvalue weighted by molar-refractivity contribution is -0.139. The van der Waals surface area contributed by atoms with Gasteiger partial charge in [-0.25, -0.2) is 8.42 Å². The Kier molecular flexibility index (Phi) is 9.47. The maximum absolute atomic E-state index is 13.8. The van der Waals surface area contributed by atoms with Gasteiger partial charge in [0.25, 0.3) is 10.0 Å². The summed E-state index contributed by atoms with van der Waals surface area (Å²) < 4.78 is 28.5. The Morgan fingerprint density at radius 1 is 0.892 bits per heavy atom. The first kappa shape index (κ1) is 28.8. The molecule has 7 nitrogen and oxygen atoms in total. The molecule has 0 aliphatic rings. The van der Waals surface area contributed by atoms with Crippen LogP contribution < -0.4 is 9.62 Å². The number of hydrogen-bond acceptors (Lipinski definition) is 4. The third-order valence-corrected chi connectivity index (χ3v) is 8.61. The third-order valence-electron chi connectivity index (χ3n) is 5.81. The number of carbonyl (C=O) groups excluding carboxylic acids is 2. The molecule has 0 saturated carbocycles. The van der Waals surface area contributed by atoms with Gasteiger partial charge in [-0.3, -0.25) is 13.9 Å². The number of aryl methyl sites for hydroxylation is 1. The molecule has 1 atom stereocenters. The van der Waals surface area contributed by atoms with Gasteiger partial charge in [-0.1, -0.05) is 70.7 Å². The molecular formula is C26H26Cl3N3O4S. The zero-order valence-electron chi connectivity index (χ0n) is 20.4. The summed E-state index contributed by atoms with van der Waals surface area (Å²) >= 11 is 19.1. The second-order valence-electron chi connectivity index (χ2n) is 8.29. The molecule has 196 valence electrons. The van der Waals surface area contributed by atoms with Gasteiger partial charge in [-0.2, -0.15) is 0 Å². The predicted octanol–water partition coefficient (Wildman–Crippen LogP) is 5.31. The molecule has 0 saturated heterocycles. The number of rotatable bonds is 9. The van der Waals surface area contributed by atoms with Crippen LogP contribution in [-0.2, 0) is 26.2 Å². The minimum absolute atomic E-state index is 0.00846. The van der Waals surface area contributed by atoms with Crippen LogP contribution in [0, 0.1) is 6.92 Å². The Morgan fingerprint density at radius 2 is 1.46 bits per heavy atom. The molecule has 11 heteroatoms. The molecule has 0 spiro atoms. The van der Waals surface area contributed by atoms with Gasteiger partial charge in [-0.15, -0.1) is 0 Å². The van der Waals surface area contributed by atoms with Gasteiger partial charge in [0.1, 0.15) is 12.6 Å². The van der Waals surface area contributed by atoms with Crippen LogP contribution >= 0.6 is 34.8 Å². The Morgan fingerprint density at radius 3 is 2.03 bits per heavy atom. The molecule has 0 aliphatic heterocycles. The fourth-order valence-electron chi connectivity index (χ4n) is 3.65. The number of likely N-dealkylation sites (N-methyl/N-ethyl adjacent to an activating group) is 1. The zero-order valence-corrected chi connectivity index (χ0v) is 23.5. The van der Waals surface area contributed by atoms with Gasteiger partial charge in [0, 0.05) is 29.2 Å². The van der Waals surface area contributed by atoms with E-state index in [2.05, 4.69) is 5.32 Å². The molecule has 0 bridgehead atoms. The first-order chi connectivity index (χ1) is 17.5. The molecule has 37 heavy (non-hydrogen) atoms. The van der Waals surface area contributed by atoms with Crippen LogP contribution in [0.4, 0.5) is 5.69 Å². The summed E-state index contributed by atoms with van der Waals surface area (Å²) in [6.07, 6.45) is 0. The highest BCUT2D eigenvalue weighted by Crippen LogP contribution is 2.31. The lowest BCUT2D eigenvalue weighted by Gasteiger charge is -2.32. The lowest BCUT2D eigenvalue weighted by Crippen LogP contribution is -2.50. The third kappa shape index (κ3) is 6.57. The summed E-state index contributed by atoms with van der Waals surface area (Å²) in [4.78, 5) is 27.6. The number of para-hydroxylation sites is 1. The fourth-order valence-corrected chi connectivity index (χ4v) is 5.89. The molecular weight excluding hydrogens is 557 g/mol. The molecule has 3 aromatic carbocycles. The second kappa shape index (κ2) is 12.2. The number of benzene rings is 3. The summed E-state index contributed by atoms with van der Waals surface area (Å²) in [5.41, 5.74) is 1.43. The van der Waals surface area contributed by atoms with E-state index in [-0.39, 0.29) is 22.2 Å². The molecule has 3 rings (SSSR count). The summed E-state index contributed by atoms with van der Waals surface area (Å²) in [5.74, 6) is -1.09. The highest BCUT2D eigenvalue weighted by Gasteiger charge is 2.33. The monoisotopic (exact) mass is 581 g/mol. The Bertz CT molecular complexity index is 1380. The molecule has 0 aliphatic carbocycles. The average molecular weight is 583 g/mol. The number of amides is 2. The van der Waals surface area contributed by atoms with E-state index in [1.54, 1.807) is 42.5 Å². The first-order valence-corrected chi connectivity index (χ1v) is 13.8. The molecule has 0 fully saturated rings. The van der Waals surface area contributed by atoms with Crippen molar-refractivity contribution in [2.45, 2.75) is 31.3 Å². The van der Waals surface area contributed by atoms with Crippen molar-refractivity contribution in [3.05, 3.63) is 92.9 Å². The highest BCUT2D eigenvalue weighted by molar-refractivity contribution is 7.92. The van der Waals surface area contributed by atoms with Crippen molar-refractivity contribution in [3.8, 4) is 0 Å². The van der Waals surface area contributed by atoms with Crippen molar-refractivity contribution in [2.75, 3.05) is 17.9 Å². The summed E-state index contributed by atoms with van der Waals surface area (Å²) in [5, 5.41) is 3.28. The van der Waals surface area contributed by atoms with Crippen LogP contribution in [0.1, 0.15) is 18.1 Å². The number of halogens is 3. The van der Waals surface area contributed by atoms with Crippen LogP contribution in [0.2, 0.25) is 15.1 Å². The average Bonchev–Trinajstić information content (AvgIpc) is 2.87. The predicted molar refractivity (Wildman–Crippen MR) is 148 cm³/mol. The Balaban J connectivity index is 2.08. The number of nitrogens with zero attached hydrogens (tertiary/aromatic N) is 2. The quantitative estimate of drug-likeness (QED) is 0.370. The van der Waals surface area contributed by atoms with E-state index in [1.807, 2.05) is 6.92 Å². The van der Waals surface area contributed by atoms with E-state index in [1.165, 1.54) is 43.1 Å². The normalized spacial score (nSPS) is 12.1. The van der Waals surface area contributed by atoms with Gasteiger partial charge < -0.3 is 10.2 Å². The van der Waals surface area contributed by atoms with E-state index in [4.69, 9.17) is 34.8 Å². The minimum atomic E-state index is -4.21. The van der Waals surface area contributed by atoms with E-state index in [9.17, 15) is 18.0 Å². The minimum Gasteiger partial charge on any atom is -0.357 e. The largest absolute Gasteiger partial charge is 0.357 e. The lowest BCUT2D eigenvalue weighted by atomic mass is 10.1. The van der Waals surface area contributed by atoms with Crippen LogP contribution in [0.3, 0.4) is 0 Å². The smallest absolute Gasteiger partial charge is 0.264 e. The topological polar surface area (TPSA) is 86.8 Å². The number of anilines is 1. The van der Waals surface area contributed by atoms with Crippen molar-refractivity contribution in [3.63, 3.8) is 0 Å². The van der Waals surface area contributed by atoms with Gasteiger partial charge in [0.15, 0.2) is 0 Å². The van der Waals surface area contributed by atoms with Crippen molar-refractivity contribution in [1.82, 2.24) is 10.2 Å². The van der Waals surface area contributed by atoms with Crippen molar-refractivity contribution >= 4 is 62.3 Å². The van der Waals surface area contributed by atoms with Gasteiger partial charge in [-0.05, 0) is 50.2 Å². The van der Waals surface area contributed by atoms with E-state index in [0.29, 0.717) is 15.6 Å². The van der Waals surface area contributed by atoms with Crippen LogP contribution in [0.5, 0.6) is 0 Å². The van der Waals surface area contributed by atoms with Crippen LogP contribution in [0.15, 0.2) is 71.6 Å². The molecule has 1 N–H and O–H groups in total. The number of carbonyl (C=O) groups is 2. The summed E-state index contributed by atoms with van der Waals surface area (Å²) in [7, 11) is -2.77. The number of hydrogen-bond donors (Lipinski definition) is 1. The van der Waals surface area contributed by atoms with E-state index in [0.717, 1.165) is 9.87 Å². The second-order valence-corrected chi connectivity index (χ2v) is 11.4. The molecule has 0 unspecified atom stereocenters. The maximum Gasteiger partial charge on any atom is 0.264 e. The molecule has 3 aromatic rings. The molecule has 0 aromatic heterocycles. The summed E-state index contributed by atoms with van der Waals surface area (Å²) in [6.45, 7) is 2.63. The highest BCUT2D eigenvalue weighted by atomic mass is 35.5. The van der Waals surface area contributed by atoms with Crippen molar-refractivity contribution in [2.24, 2.45) is 0 Å². The van der Waals surface area contributed by atoms with E-state index < -0.39 is 34.4 Å². The van der Waals surface area contributed by atoms with Crippen molar-refractivity contribution < 1.29 is 18.0 Å². The van der Waals surface area contributed by atoms with Gasteiger partial charge in [0.2, 0.25) is 11.8 Å². The number of sulfonamides is 1. The Labute approximate surface area is 232 Å². The van der Waals surface area contributed by atoms with E-state index >= 15 is 0 Å². The Hall–Kier alpha value is -2.78.